The Morgan fingerprint density at radius 3 is 2.79 bits per heavy atom. The Morgan fingerprint density at radius 1 is 1.32 bits per heavy atom. The molecule has 1 unspecified atom stereocenters. The summed E-state index contributed by atoms with van der Waals surface area (Å²) in [5, 5.41) is 19.7. The molecular formula is C14H17N3OS. The number of hydrogen-bond donors (Lipinski definition) is 1. The van der Waals surface area contributed by atoms with Crippen molar-refractivity contribution < 1.29 is 5.11 Å². The normalized spacial score (nSPS) is 19.0. The number of aromatic nitrogens is 2. The molecule has 1 aliphatic heterocycles. The van der Waals surface area contributed by atoms with E-state index in [-0.39, 0.29) is 0 Å². The highest BCUT2D eigenvalue weighted by Gasteiger charge is 2.24. The minimum atomic E-state index is 0.334. The lowest BCUT2D eigenvalue weighted by molar-refractivity contribution is 0.474. The van der Waals surface area contributed by atoms with E-state index >= 15 is 0 Å². The van der Waals surface area contributed by atoms with Crippen molar-refractivity contribution in [3.8, 4) is 5.75 Å². The number of aromatic hydroxyl groups is 1. The number of anilines is 1. The molecule has 4 nitrogen and oxygen atoms in total. The zero-order chi connectivity index (χ0) is 13.2. The smallest absolute Gasteiger partial charge is 0.208 e. The fourth-order valence-electron chi connectivity index (χ4n) is 2.55. The monoisotopic (exact) mass is 275 g/mol. The van der Waals surface area contributed by atoms with Gasteiger partial charge >= 0.3 is 0 Å². The molecule has 0 saturated carbocycles. The minimum Gasteiger partial charge on any atom is -0.508 e. The van der Waals surface area contributed by atoms with Crippen molar-refractivity contribution in [2.24, 2.45) is 5.92 Å². The van der Waals surface area contributed by atoms with Crippen molar-refractivity contribution in [3.63, 3.8) is 0 Å². The summed E-state index contributed by atoms with van der Waals surface area (Å²) in [6, 6.07) is 7.53. The van der Waals surface area contributed by atoms with Crippen LogP contribution in [-0.2, 0) is 6.42 Å². The first-order chi connectivity index (χ1) is 9.20. The van der Waals surface area contributed by atoms with E-state index in [0.29, 0.717) is 11.7 Å². The van der Waals surface area contributed by atoms with E-state index in [4.69, 9.17) is 0 Å². The zero-order valence-corrected chi connectivity index (χ0v) is 11.7. The molecule has 5 heteroatoms. The van der Waals surface area contributed by atoms with Gasteiger partial charge in [0.1, 0.15) is 10.8 Å². The van der Waals surface area contributed by atoms with Crippen LogP contribution in [0.3, 0.4) is 0 Å². The maximum atomic E-state index is 9.29. The number of aryl methyl sites for hydroxylation is 1. The van der Waals surface area contributed by atoms with E-state index in [2.05, 4.69) is 15.1 Å². The van der Waals surface area contributed by atoms with Crippen LogP contribution in [0.5, 0.6) is 5.75 Å². The lowest BCUT2D eigenvalue weighted by Crippen LogP contribution is -2.20. The van der Waals surface area contributed by atoms with Gasteiger partial charge in [-0.1, -0.05) is 23.5 Å². The molecule has 2 aromatic rings. The number of phenols is 1. The Hall–Kier alpha value is -1.62. The lowest BCUT2D eigenvalue weighted by atomic mass is 9.99. The Kier molecular flexibility index (Phi) is 3.38. The summed E-state index contributed by atoms with van der Waals surface area (Å²) in [6.07, 6.45) is 2.26. The standard InChI is InChI=1S/C14H17N3OS/c1-10-15-16-14(19-10)17-7-6-12(9-17)8-11-2-4-13(18)5-3-11/h2-5,12,18H,6-9H2,1H3. The van der Waals surface area contributed by atoms with Gasteiger partial charge in [-0.25, -0.2) is 0 Å². The largest absolute Gasteiger partial charge is 0.508 e. The van der Waals surface area contributed by atoms with Gasteiger partial charge in [-0.15, -0.1) is 10.2 Å². The highest BCUT2D eigenvalue weighted by atomic mass is 32.1. The number of rotatable bonds is 3. The number of nitrogens with zero attached hydrogens (tertiary/aromatic N) is 3. The van der Waals surface area contributed by atoms with Crippen LogP contribution >= 0.6 is 11.3 Å². The highest BCUT2D eigenvalue weighted by molar-refractivity contribution is 7.15. The first kappa shape index (κ1) is 12.4. The maximum Gasteiger partial charge on any atom is 0.208 e. The van der Waals surface area contributed by atoms with Crippen LogP contribution < -0.4 is 4.90 Å². The zero-order valence-electron chi connectivity index (χ0n) is 10.9. The van der Waals surface area contributed by atoms with Gasteiger partial charge in [0.2, 0.25) is 5.13 Å². The van der Waals surface area contributed by atoms with Gasteiger partial charge in [-0.05, 0) is 43.4 Å². The van der Waals surface area contributed by atoms with Crippen molar-refractivity contribution in [1.29, 1.82) is 0 Å². The molecular weight excluding hydrogens is 258 g/mol. The lowest BCUT2D eigenvalue weighted by Gasteiger charge is -2.14. The van der Waals surface area contributed by atoms with Crippen molar-refractivity contribution in [2.45, 2.75) is 19.8 Å². The van der Waals surface area contributed by atoms with Gasteiger partial charge in [0.05, 0.1) is 0 Å². The summed E-state index contributed by atoms with van der Waals surface area (Å²) in [6.45, 7) is 4.11. The van der Waals surface area contributed by atoms with Crippen LogP contribution in [0.25, 0.3) is 0 Å². The summed E-state index contributed by atoms with van der Waals surface area (Å²) >= 11 is 1.67. The van der Waals surface area contributed by atoms with Gasteiger partial charge < -0.3 is 10.0 Å². The maximum absolute atomic E-state index is 9.29. The molecule has 0 radical (unpaired) electrons. The van der Waals surface area contributed by atoms with E-state index in [1.165, 1.54) is 12.0 Å². The number of benzene rings is 1. The first-order valence-corrected chi connectivity index (χ1v) is 7.35. The highest BCUT2D eigenvalue weighted by Crippen LogP contribution is 2.28. The quantitative estimate of drug-likeness (QED) is 0.935. The molecule has 0 spiro atoms. The third kappa shape index (κ3) is 2.87. The minimum absolute atomic E-state index is 0.334. The summed E-state index contributed by atoms with van der Waals surface area (Å²) in [4.78, 5) is 2.33. The Morgan fingerprint density at radius 2 is 2.11 bits per heavy atom. The summed E-state index contributed by atoms with van der Waals surface area (Å²) in [5.74, 6) is 0.995. The molecule has 0 aliphatic carbocycles. The van der Waals surface area contributed by atoms with Crippen LogP contribution in [0.1, 0.15) is 17.0 Å². The van der Waals surface area contributed by atoms with Gasteiger partial charge in [0, 0.05) is 13.1 Å². The second-order valence-corrected chi connectivity index (χ2v) is 6.24. The number of hydrogen-bond acceptors (Lipinski definition) is 5. The van der Waals surface area contributed by atoms with Crippen molar-refractivity contribution in [3.05, 3.63) is 34.8 Å². The first-order valence-electron chi connectivity index (χ1n) is 6.53. The van der Waals surface area contributed by atoms with E-state index in [1.54, 1.807) is 23.5 Å². The molecule has 0 bridgehead atoms. The Balaban J connectivity index is 1.61. The molecule has 2 heterocycles. The molecule has 1 fully saturated rings. The molecule has 1 saturated heterocycles. The summed E-state index contributed by atoms with van der Waals surface area (Å²) in [7, 11) is 0. The van der Waals surface area contributed by atoms with Crippen LogP contribution in [0.15, 0.2) is 24.3 Å². The summed E-state index contributed by atoms with van der Waals surface area (Å²) in [5.41, 5.74) is 1.29. The predicted octanol–water partition coefficient (Wildman–Crippen LogP) is 2.62. The Bertz CT molecular complexity index is 552. The van der Waals surface area contributed by atoms with E-state index < -0.39 is 0 Å². The third-order valence-corrected chi connectivity index (χ3v) is 4.43. The fourth-order valence-corrected chi connectivity index (χ4v) is 3.27. The van der Waals surface area contributed by atoms with Crippen LogP contribution in [0.2, 0.25) is 0 Å². The van der Waals surface area contributed by atoms with Crippen LogP contribution in [0, 0.1) is 12.8 Å². The van der Waals surface area contributed by atoms with Gasteiger partial charge in [0.15, 0.2) is 0 Å². The molecule has 19 heavy (non-hydrogen) atoms. The SMILES string of the molecule is Cc1nnc(N2CCC(Cc3ccc(O)cc3)C2)s1. The molecule has 1 aliphatic rings. The van der Waals surface area contributed by atoms with Gasteiger partial charge in [-0.2, -0.15) is 0 Å². The fraction of sp³-hybridized carbons (Fsp3) is 0.429. The van der Waals surface area contributed by atoms with E-state index in [0.717, 1.165) is 29.6 Å². The van der Waals surface area contributed by atoms with Crippen molar-refractivity contribution >= 4 is 16.5 Å². The number of phenolic OH excluding ortho intramolecular Hbond substituents is 1. The second-order valence-electron chi connectivity index (χ2n) is 5.07. The molecule has 0 amide bonds. The van der Waals surface area contributed by atoms with Gasteiger partial charge in [0.25, 0.3) is 0 Å². The van der Waals surface area contributed by atoms with Crippen LogP contribution in [-0.4, -0.2) is 28.4 Å². The van der Waals surface area contributed by atoms with Crippen LogP contribution in [0.4, 0.5) is 5.13 Å². The molecule has 1 atom stereocenters. The molecule has 1 N–H and O–H groups in total. The van der Waals surface area contributed by atoms with Crippen molar-refractivity contribution in [1.82, 2.24) is 10.2 Å². The topological polar surface area (TPSA) is 49.2 Å². The third-order valence-electron chi connectivity index (χ3n) is 3.53. The molecule has 1 aromatic carbocycles. The second kappa shape index (κ2) is 5.17. The van der Waals surface area contributed by atoms with E-state index in [9.17, 15) is 5.11 Å². The molecule has 100 valence electrons. The predicted molar refractivity (Wildman–Crippen MR) is 76.8 cm³/mol. The van der Waals surface area contributed by atoms with E-state index in [1.807, 2.05) is 19.1 Å². The summed E-state index contributed by atoms with van der Waals surface area (Å²) < 4.78 is 0. The average Bonchev–Trinajstić information content (AvgIpc) is 3.01. The van der Waals surface area contributed by atoms with Crippen molar-refractivity contribution in [2.75, 3.05) is 18.0 Å². The Labute approximate surface area is 116 Å². The molecule has 1 aromatic heterocycles. The van der Waals surface area contributed by atoms with Gasteiger partial charge in [-0.3, -0.25) is 0 Å². The average molecular weight is 275 g/mol. The molecule has 3 rings (SSSR count).